The second kappa shape index (κ2) is 5.38. The predicted molar refractivity (Wildman–Crippen MR) is 90.1 cm³/mol. The molecule has 1 aromatic carbocycles. The van der Waals surface area contributed by atoms with Gasteiger partial charge in [0.1, 0.15) is 5.56 Å². The molecule has 0 bridgehead atoms. The second-order valence-corrected chi connectivity index (χ2v) is 6.84. The zero-order valence-electron chi connectivity index (χ0n) is 13.3. The fourth-order valence-corrected chi connectivity index (χ4v) is 3.15. The van der Waals surface area contributed by atoms with Crippen LogP contribution >= 0.6 is 0 Å². The van der Waals surface area contributed by atoms with Gasteiger partial charge in [-0.3, -0.25) is 4.79 Å². The fraction of sp³-hybridized carbons (Fsp3) is 0.412. The summed E-state index contributed by atoms with van der Waals surface area (Å²) in [6, 6.07) is 7.11. The van der Waals surface area contributed by atoms with Gasteiger partial charge in [0, 0.05) is 24.3 Å². The number of aromatic nitrogens is 1. The van der Waals surface area contributed by atoms with Gasteiger partial charge in [-0.15, -0.1) is 0 Å². The number of fused-ring (bicyclic) bond motifs is 1. The third-order valence-electron chi connectivity index (χ3n) is 4.67. The molecule has 2 aromatic rings. The van der Waals surface area contributed by atoms with Gasteiger partial charge in [0.05, 0.1) is 5.52 Å². The number of aromatic carboxylic acids is 1. The first kappa shape index (κ1) is 15.6. The Morgan fingerprint density at radius 1 is 1.39 bits per heavy atom. The molecule has 1 unspecified atom stereocenters. The molecule has 1 fully saturated rings. The summed E-state index contributed by atoms with van der Waals surface area (Å²) in [6.45, 7) is 5.90. The molecule has 122 valence electrons. The number of carbonyl (C=O) groups is 1. The second-order valence-electron chi connectivity index (χ2n) is 6.84. The highest BCUT2D eigenvalue weighted by atomic mass is 16.4. The highest BCUT2D eigenvalue weighted by molar-refractivity contribution is 5.93. The van der Waals surface area contributed by atoms with Crippen molar-refractivity contribution in [3.8, 4) is 0 Å². The largest absolute Gasteiger partial charge is 0.477 e. The van der Waals surface area contributed by atoms with Crippen LogP contribution in [-0.4, -0.2) is 34.7 Å². The molecule has 1 saturated heterocycles. The van der Waals surface area contributed by atoms with Crippen LogP contribution in [-0.2, 0) is 0 Å². The normalized spacial score (nSPS) is 18.6. The van der Waals surface area contributed by atoms with Crippen LogP contribution in [0.2, 0.25) is 0 Å². The van der Waals surface area contributed by atoms with Crippen LogP contribution in [0.1, 0.15) is 30.6 Å². The first-order valence-corrected chi connectivity index (χ1v) is 7.70. The van der Waals surface area contributed by atoms with E-state index in [1.165, 1.54) is 6.07 Å². The van der Waals surface area contributed by atoms with Crippen molar-refractivity contribution in [2.45, 2.75) is 25.8 Å². The quantitative estimate of drug-likeness (QED) is 0.802. The third-order valence-corrected chi connectivity index (χ3v) is 4.67. The minimum atomic E-state index is -1.22. The zero-order valence-corrected chi connectivity index (χ0v) is 13.3. The van der Waals surface area contributed by atoms with Crippen molar-refractivity contribution in [2.75, 3.05) is 18.0 Å². The van der Waals surface area contributed by atoms with Crippen LogP contribution in [0.25, 0.3) is 10.9 Å². The summed E-state index contributed by atoms with van der Waals surface area (Å²) in [5.74, 6) is -0.795. The van der Waals surface area contributed by atoms with Gasteiger partial charge in [-0.25, -0.2) is 4.79 Å². The van der Waals surface area contributed by atoms with Crippen LogP contribution in [0.15, 0.2) is 29.1 Å². The Morgan fingerprint density at radius 2 is 2.13 bits per heavy atom. The molecule has 6 nitrogen and oxygen atoms in total. The third kappa shape index (κ3) is 2.94. The van der Waals surface area contributed by atoms with E-state index in [1.54, 1.807) is 0 Å². The Balaban J connectivity index is 1.94. The number of nitrogens with two attached hydrogens (primary N) is 1. The SMILES string of the molecule is CC(C)(N)C1CCN(c2ccc3cc(C(=O)O)c(=O)[nH]c3c2)C1. The molecule has 3 rings (SSSR count). The lowest BCUT2D eigenvalue weighted by Crippen LogP contribution is -2.42. The van der Waals surface area contributed by atoms with Crippen LogP contribution in [0.5, 0.6) is 0 Å². The van der Waals surface area contributed by atoms with E-state index in [4.69, 9.17) is 10.8 Å². The van der Waals surface area contributed by atoms with Gasteiger partial charge in [0.15, 0.2) is 0 Å². The maximum atomic E-state index is 11.8. The van der Waals surface area contributed by atoms with Crippen molar-refractivity contribution >= 4 is 22.6 Å². The number of pyridine rings is 1. The van der Waals surface area contributed by atoms with Gasteiger partial charge in [-0.05, 0) is 49.8 Å². The molecule has 0 amide bonds. The van der Waals surface area contributed by atoms with E-state index < -0.39 is 11.5 Å². The van der Waals surface area contributed by atoms with Crippen molar-refractivity contribution in [2.24, 2.45) is 11.7 Å². The molecule has 0 aliphatic carbocycles. The number of rotatable bonds is 3. The summed E-state index contributed by atoms with van der Waals surface area (Å²) < 4.78 is 0. The van der Waals surface area contributed by atoms with Crippen molar-refractivity contribution < 1.29 is 9.90 Å². The number of H-pyrrole nitrogens is 1. The van der Waals surface area contributed by atoms with Gasteiger partial charge in [-0.1, -0.05) is 6.07 Å². The zero-order chi connectivity index (χ0) is 16.8. The minimum absolute atomic E-state index is 0.212. The van der Waals surface area contributed by atoms with Gasteiger partial charge >= 0.3 is 5.97 Å². The van der Waals surface area contributed by atoms with E-state index in [1.807, 2.05) is 32.0 Å². The lowest BCUT2D eigenvalue weighted by atomic mass is 9.88. The number of anilines is 1. The van der Waals surface area contributed by atoms with E-state index in [0.29, 0.717) is 16.8 Å². The average molecular weight is 315 g/mol. The lowest BCUT2D eigenvalue weighted by Gasteiger charge is -2.27. The predicted octanol–water partition coefficient (Wildman–Crippen LogP) is 1.79. The Hall–Kier alpha value is -2.34. The molecule has 1 aliphatic rings. The summed E-state index contributed by atoms with van der Waals surface area (Å²) in [5, 5.41) is 9.73. The maximum absolute atomic E-state index is 11.8. The number of benzene rings is 1. The van der Waals surface area contributed by atoms with E-state index in [0.717, 1.165) is 25.2 Å². The monoisotopic (exact) mass is 315 g/mol. The molecular weight excluding hydrogens is 294 g/mol. The lowest BCUT2D eigenvalue weighted by molar-refractivity contribution is 0.0695. The van der Waals surface area contributed by atoms with E-state index in [2.05, 4.69) is 9.88 Å². The first-order chi connectivity index (χ1) is 10.8. The van der Waals surface area contributed by atoms with Gasteiger partial charge in [0.25, 0.3) is 5.56 Å². The molecule has 1 atom stereocenters. The number of nitrogens with one attached hydrogen (secondary N) is 1. The number of hydrogen-bond acceptors (Lipinski definition) is 4. The van der Waals surface area contributed by atoms with E-state index in [9.17, 15) is 9.59 Å². The highest BCUT2D eigenvalue weighted by Crippen LogP contribution is 2.30. The van der Waals surface area contributed by atoms with Crippen molar-refractivity contribution in [1.29, 1.82) is 0 Å². The average Bonchev–Trinajstić information content (AvgIpc) is 2.95. The number of carboxylic acid groups (broad SMARTS) is 1. The summed E-state index contributed by atoms with van der Waals surface area (Å²) in [5.41, 5.74) is 6.84. The van der Waals surface area contributed by atoms with Crippen LogP contribution < -0.4 is 16.2 Å². The molecule has 0 radical (unpaired) electrons. The summed E-state index contributed by atoms with van der Waals surface area (Å²) in [7, 11) is 0. The van der Waals surface area contributed by atoms with Crippen molar-refractivity contribution in [3.63, 3.8) is 0 Å². The van der Waals surface area contributed by atoms with Crippen LogP contribution in [0.4, 0.5) is 5.69 Å². The summed E-state index contributed by atoms with van der Waals surface area (Å²) >= 11 is 0. The highest BCUT2D eigenvalue weighted by Gasteiger charge is 2.32. The minimum Gasteiger partial charge on any atom is -0.477 e. The number of nitrogens with zero attached hydrogens (tertiary/aromatic N) is 1. The molecule has 0 saturated carbocycles. The van der Waals surface area contributed by atoms with E-state index >= 15 is 0 Å². The first-order valence-electron chi connectivity index (χ1n) is 7.70. The summed E-state index contributed by atoms with van der Waals surface area (Å²) in [4.78, 5) is 27.8. The molecule has 0 spiro atoms. The molecule has 1 aromatic heterocycles. The number of aromatic amines is 1. The Bertz CT molecular complexity index is 820. The topological polar surface area (TPSA) is 99.4 Å². The van der Waals surface area contributed by atoms with Gasteiger partial charge in [-0.2, -0.15) is 0 Å². The Morgan fingerprint density at radius 3 is 2.74 bits per heavy atom. The van der Waals surface area contributed by atoms with Gasteiger partial charge < -0.3 is 20.7 Å². The number of carboxylic acids is 1. The summed E-state index contributed by atoms with van der Waals surface area (Å²) in [6.07, 6.45) is 1.04. The number of hydrogen-bond donors (Lipinski definition) is 3. The molecule has 4 N–H and O–H groups in total. The van der Waals surface area contributed by atoms with E-state index in [-0.39, 0.29) is 11.1 Å². The Kier molecular flexibility index (Phi) is 3.64. The molecular formula is C17H21N3O3. The molecule has 6 heteroatoms. The smallest absolute Gasteiger partial charge is 0.341 e. The standard InChI is InChI=1S/C17H21N3O3/c1-17(2,18)11-5-6-20(9-11)12-4-3-10-7-13(16(22)23)15(21)19-14(10)8-12/h3-4,7-8,11H,5-6,9,18H2,1-2H3,(H,19,21)(H,22,23). The fourth-order valence-electron chi connectivity index (χ4n) is 3.15. The van der Waals surface area contributed by atoms with Crippen molar-refractivity contribution in [3.05, 3.63) is 40.2 Å². The molecule has 23 heavy (non-hydrogen) atoms. The maximum Gasteiger partial charge on any atom is 0.341 e. The molecule has 1 aliphatic heterocycles. The van der Waals surface area contributed by atoms with Crippen LogP contribution in [0.3, 0.4) is 0 Å². The van der Waals surface area contributed by atoms with Crippen molar-refractivity contribution in [1.82, 2.24) is 4.98 Å². The van der Waals surface area contributed by atoms with Gasteiger partial charge in [0.2, 0.25) is 0 Å². The molecule has 2 heterocycles. The Labute approximate surface area is 133 Å². The van der Waals surface area contributed by atoms with Crippen LogP contribution in [0, 0.1) is 5.92 Å².